The van der Waals surface area contributed by atoms with E-state index >= 15 is 0 Å². The first-order valence-corrected chi connectivity index (χ1v) is 13.3. The third-order valence-corrected chi connectivity index (χ3v) is 6.46. The molecule has 0 saturated carbocycles. The number of rotatable bonds is 14. The zero-order valence-electron chi connectivity index (χ0n) is 21.8. The highest BCUT2D eigenvalue weighted by Gasteiger charge is 2.25. The van der Waals surface area contributed by atoms with Crippen LogP contribution in [0.15, 0.2) is 48.5 Å². The standard InChI is InChI=1S/C31H40FNO3/c1-3-5-6-7-8-9-10-11-12-13-16-25-19-21-26(22-20-25)23-33(30(34)31(35)36)24-27(4-2)28-17-14-15-18-29(28)32/h14-15,17-22,27H,3-12,23-24H2,1-2H3,(H,35,36). The first-order valence-electron chi connectivity index (χ1n) is 13.3. The summed E-state index contributed by atoms with van der Waals surface area (Å²) in [6.07, 6.45) is 11.7. The van der Waals surface area contributed by atoms with E-state index in [2.05, 4.69) is 18.8 Å². The van der Waals surface area contributed by atoms with Gasteiger partial charge in [0.15, 0.2) is 0 Å². The van der Waals surface area contributed by atoms with Crippen LogP contribution in [0.3, 0.4) is 0 Å². The largest absolute Gasteiger partial charge is 0.474 e. The molecule has 1 unspecified atom stereocenters. The molecule has 0 aliphatic heterocycles. The van der Waals surface area contributed by atoms with Gasteiger partial charge in [0.1, 0.15) is 5.82 Å². The van der Waals surface area contributed by atoms with Crippen LogP contribution in [0, 0.1) is 17.7 Å². The molecule has 0 fully saturated rings. The second-order valence-corrected chi connectivity index (χ2v) is 9.34. The first kappa shape index (κ1) is 29.1. The summed E-state index contributed by atoms with van der Waals surface area (Å²) in [6.45, 7) is 4.41. The number of hydrogen-bond acceptors (Lipinski definition) is 2. The van der Waals surface area contributed by atoms with E-state index in [0.717, 1.165) is 24.0 Å². The average molecular weight is 494 g/mol. The monoisotopic (exact) mass is 493 g/mol. The molecule has 0 aliphatic rings. The van der Waals surface area contributed by atoms with E-state index in [4.69, 9.17) is 0 Å². The van der Waals surface area contributed by atoms with Crippen molar-refractivity contribution < 1.29 is 19.1 Å². The molecular formula is C31H40FNO3. The molecule has 0 saturated heterocycles. The van der Waals surface area contributed by atoms with Crippen molar-refractivity contribution in [1.29, 1.82) is 0 Å². The van der Waals surface area contributed by atoms with E-state index in [1.54, 1.807) is 18.2 Å². The summed E-state index contributed by atoms with van der Waals surface area (Å²) in [7, 11) is 0. The Balaban J connectivity index is 1.91. The maximum absolute atomic E-state index is 14.3. The molecular weight excluding hydrogens is 453 g/mol. The normalized spacial score (nSPS) is 11.4. The predicted molar refractivity (Wildman–Crippen MR) is 143 cm³/mol. The van der Waals surface area contributed by atoms with Crippen molar-refractivity contribution >= 4 is 11.9 Å². The van der Waals surface area contributed by atoms with E-state index in [0.29, 0.717) is 12.0 Å². The number of carbonyl (C=O) groups is 2. The lowest BCUT2D eigenvalue weighted by Crippen LogP contribution is -2.38. The van der Waals surface area contributed by atoms with E-state index < -0.39 is 11.9 Å². The fraction of sp³-hybridized carbons (Fsp3) is 0.484. The van der Waals surface area contributed by atoms with Gasteiger partial charge in [0.2, 0.25) is 0 Å². The Morgan fingerprint density at radius 1 is 0.917 bits per heavy atom. The van der Waals surface area contributed by atoms with E-state index in [-0.39, 0.29) is 24.8 Å². The highest BCUT2D eigenvalue weighted by molar-refractivity contribution is 6.31. The second kappa shape index (κ2) is 16.5. The van der Waals surface area contributed by atoms with Crippen molar-refractivity contribution in [2.75, 3.05) is 6.54 Å². The number of carbonyl (C=O) groups excluding carboxylic acids is 1. The predicted octanol–water partition coefficient (Wildman–Crippen LogP) is 7.32. The maximum atomic E-state index is 14.3. The minimum Gasteiger partial charge on any atom is -0.474 e. The Bertz CT molecular complexity index is 1010. The number of unbranched alkanes of at least 4 members (excludes halogenated alkanes) is 8. The molecule has 1 amide bonds. The van der Waals surface area contributed by atoms with Crippen LogP contribution in [0.2, 0.25) is 0 Å². The molecule has 0 heterocycles. The van der Waals surface area contributed by atoms with Gasteiger partial charge in [-0.2, -0.15) is 0 Å². The van der Waals surface area contributed by atoms with Gasteiger partial charge in [-0.25, -0.2) is 9.18 Å². The molecule has 5 heteroatoms. The van der Waals surface area contributed by atoms with Crippen LogP contribution in [0.25, 0.3) is 0 Å². The zero-order chi connectivity index (χ0) is 26.2. The van der Waals surface area contributed by atoms with Gasteiger partial charge in [-0.3, -0.25) is 4.79 Å². The quantitative estimate of drug-likeness (QED) is 0.170. The first-order chi connectivity index (χ1) is 17.5. The van der Waals surface area contributed by atoms with Gasteiger partial charge in [-0.1, -0.05) is 101 Å². The van der Waals surface area contributed by atoms with Crippen molar-refractivity contribution in [2.24, 2.45) is 0 Å². The van der Waals surface area contributed by atoms with Gasteiger partial charge in [0, 0.05) is 31.0 Å². The van der Waals surface area contributed by atoms with Gasteiger partial charge in [0.25, 0.3) is 0 Å². The van der Waals surface area contributed by atoms with Crippen LogP contribution in [-0.4, -0.2) is 28.4 Å². The number of hydrogen-bond donors (Lipinski definition) is 1. The van der Waals surface area contributed by atoms with E-state index in [1.165, 1.54) is 55.9 Å². The molecule has 1 N–H and O–H groups in total. The fourth-order valence-corrected chi connectivity index (χ4v) is 4.30. The highest BCUT2D eigenvalue weighted by atomic mass is 19.1. The number of aliphatic carboxylic acids is 1. The van der Waals surface area contributed by atoms with Crippen LogP contribution in [0.1, 0.15) is 101 Å². The maximum Gasteiger partial charge on any atom is 0.394 e. The molecule has 0 spiro atoms. The molecule has 4 nitrogen and oxygen atoms in total. The number of carboxylic acid groups (broad SMARTS) is 1. The number of benzene rings is 2. The van der Waals surface area contributed by atoms with Gasteiger partial charge >= 0.3 is 11.9 Å². The highest BCUT2D eigenvalue weighted by Crippen LogP contribution is 2.24. The summed E-state index contributed by atoms with van der Waals surface area (Å²) in [5.74, 6) is 3.28. The van der Waals surface area contributed by atoms with Gasteiger partial charge in [-0.15, -0.1) is 0 Å². The van der Waals surface area contributed by atoms with Gasteiger partial charge in [0.05, 0.1) is 0 Å². The van der Waals surface area contributed by atoms with Crippen molar-refractivity contribution in [3.8, 4) is 11.8 Å². The van der Waals surface area contributed by atoms with Crippen LogP contribution < -0.4 is 0 Å². The summed E-state index contributed by atoms with van der Waals surface area (Å²) in [5.41, 5.74) is 2.19. The Kier molecular flexibility index (Phi) is 13.4. The van der Waals surface area contributed by atoms with Crippen LogP contribution in [0.5, 0.6) is 0 Å². The Morgan fingerprint density at radius 3 is 2.17 bits per heavy atom. The van der Waals surface area contributed by atoms with E-state index in [9.17, 15) is 19.1 Å². The fourth-order valence-electron chi connectivity index (χ4n) is 4.30. The van der Waals surface area contributed by atoms with Crippen molar-refractivity contribution in [3.63, 3.8) is 0 Å². The molecule has 2 rings (SSSR count). The zero-order valence-corrected chi connectivity index (χ0v) is 21.8. The molecule has 0 aliphatic carbocycles. The minimum atomic E-state index is -1.51. The molecule has 194 valence electrons. The van der Waals surface area contributed by atoms with Crippen molar-refractivity contribution in [2.45, 2.75) is 90.5 Å². The second-order valence-electron chi connectivity index (χ2n) is 9.34. The van der Waals surface area contributed by atoms with Crippen LogP contribution in [-0.2, 0) is 16.1 Å². The van der Waals surface area contributed by atoms with Gasteiger partial charge < -0.3 is 10.0 Å². The number of halogens is 1. The van der Waals surface area contributed by atoms with E-state index in [1.807, 2.05) is 31.2 Å². The van der Waals surface area contributed by atoms with Crippen molar-refractivity contribution in [1.82, 2.24) is 4.90 Å². The van der Waals surface area contributed by atoms with Gasteiger partial charge in [-0.05, 0) is 42.2 Å². The number of amides is 1. The Labute approximate surface area is 215 Å². The summed E-state index contributed by atoms with van der Waals surface area (Å²) in [5, 5.41) is 9.32. The number of carboxylic acids is 1. The molecule has 0 bridgehead atoms. The Morgan fingerprint density at radius 2 is 1.56 bits per heavy atom. The minimum absolute atomic E-state index is 0.128. The summed E-state index contributed by atoms with van der Waals surface area (Å²) < 4.78 is 14.3. The third kappa shape index (κ3) is 10.2. The summed E-state index contributed by atoms with van der Waals surface area (Å²) in [4.78, 5) is 25.1. The lowest BCUT2D eigenvalue weighted by Gasteiger charge is -2.26. The Hall–Kier alpha value is -3.13. The number of nitrogens with zero attached hydrogens (tertiary/aromatic N) is 1. The molecule has 2 aromatic rings. The average Bonchev–Trinajstić information content (AvgIpc) is 2.88. The molecule has 1 atom stereocenters. The molecule has 36 heavy (non-hydrogen) atoms. The smallest absolute Gasteiger partial charge is 0.394 e. The summed E-state index contributed by atoms with van der Waals surface area (Å²) >= 11 is 0. The van der Waals surface area contributed by atoms with Crippen LogP contribution >= 0.6 is 0 Å². The molecule has 0 radical (unpaired) electrons. The molecule has 0 aromatic heterocycles. The molecule has 2 aromatic carbocycles. The SMILES string of the molecule is CCCCCCCCCCC#Cc1ccc(CN(CC(CC)c2ccccc2F)C(=O)C(=O)O)cc1. The third-order valence-electron chi connectivity index (χ3n) is 6.46. The lowest BCUT2D eigenvalue weighted by atomic mass is 9.95. The van der Waals surface area contributed by atoms with Crippen molar-refractivity contribution in [3.05, 3.63) is 71.0 Å². The topological polar surface area (TPSA) is 57.6 Å². The van der Waals surface area contributed by atoms with Crippen LogP contribution in [0.4, 0.5) is 4.39 Å². The lowest BCUT2D eigenvalue weighted by molar-refractivity contribution is -0.156. The summed E-state index contributed by atoms with van der Waals surface area (Å²) in [6, 6.07) is 14.0.